The van der Waals surface area contributed by atoms with Crippen molar-refractivity contribution in [3.63, 3.8) is 0 Å². The quantitative estimate of drug-likeness (QED) is 0.349. The molecule has 0 aliphatic heterocycles. The molecule has 0 radical (unpaired) electrons. The molecule has 8 nitrogen and oxygen atoms in total. The first-order valence-corrected chi connectivity index (χ1v) is 9.94. The molecule has 2 heterocycles. The summed E-state index contributed by atoms with van der Waals surface area (Å²) in [6.45, 7) is 0. The standard InChI is InChI=1S/C16H17ClF3N5O3S/c1-24(13-9-25(22-14(13)17)11-4-3-6-21-8-11)15(26)12(23-28-2)10-29(27)7-5-16(18,19)20/h3-4,6,8-9H,5,7,10H2,1-2H3. The summed E-state index contributed by atoms with van der Waals surface area (Å²) in [4.78, 5) is 22.4. The summed E-state index contributed by atoms with van der Waals surface area (Å²) in [6.07, 6.45) is -1.08. The number of halogens is 4. The van der Waals surface area contributed by atoms with Crippen molar-refractivity contribution in [2.75, 3.05) is 30.6 Å². The number of nitrogens with zero attached hydrogens (tertiary/aromatic N) is 5. The molecular weight excluding hydrogens is 435 g/mol. The Morgan fingerprint density at radius 2 is 2.21 bits per heavy atom. The van der Waals surface area contributed by atoms with E-state index in [-0.39, 0.29) is 16.6 Å². The minimum Gasteiger partial charge on any atom is -0.616 e. The Bertz CT molecular complexity index is 863. The second kappa shape index (κ2) is 9.94. The Kier molecular flexibility index (Phi) is 7.88. The predicted molar refractivity (Wildman–Crippen MR) is 103 cm³/mol. The third kappa shape index (κ3) is 6.61. The van der Waals surface area contributed by atoms with Gasteiger partial charge >= 0.3 is 6.18 Å². The maximum Gasteiger partial charge on any atom is 0.393 e. The predicted octanol–water partition coefficient (Wildman–Crippen LogP) is 2.59. The summed E-state index contributed by atoms with van der Waals surface area (Å²) < 4.78 is 50.3. The number of carbonyl (C=O) groups is 1. The van der Waals surface area contributed by atoms with E-state index in [4.69, 9.17) is 11.6 Å². The van der Waals surface area contributed by atoms with Crippen LogP contribution in [-0.2, 0) is 20.8 Å². The molecule has 0 aliphatic carbocycles. The van der Waals surface area contributed by atoms with Gasteiger partial charge in [0.2, 0.25) is 0 Å². The highest BCUT2D eigenvalue weighted by Crippen LogP contribution is 2.25. The van der Waals surface area contributed by atoms with Crippen molar-refractivity contribution in [2.24, 2.45) is 5.16 Å². The van der Waals surface area contributed by atoms with Crippen molar-refractivity contribution >= 4 is 40.1 Å². The lowest BCUT2D eigenvalue weighted by molar-refractivity contribution is -0.129. The van der Waals surface area contributed by atoms with Crippen LogP contribution >= 0.6 is 11.6 Å². The molecule has 1 atom stereocenters. The smallest absolute Gasteiger partial charge is 0.393 e. The lowest BCUT2D eigenvalue weighted by atomic mass is 10.3. The third-order valence-corrected chi connectivity index (χ3v) is 5.11. The molecular formula is C16H17ClF3N5O3S. The van der Waals surface area contributed by atoms with E-state index in [0.717, 1.165) is 4.90 Å². The van der Waals surface area contributed by atoms with Crippen LogP contribution in [0.2, 0.25) is 5.15 Å². The molecule has 0 aliphatic rings. The topological polar surface area (TPSA) is 95.7 Å². The number of amides is 1. The van der Waals surface area contributed by atoms with E-state index in [9.17, 15) is 22.5 Å². The zero-order valence-electron chi connectivity index (χ0n) is 15.4. The summed E-state index contributed by atoms with van der Waals surface area (Å²) in [5, 5.41) is 7.62. The summed E-state index contributed by atoms with van der Waals surface area (Å²) in [6, 6.07) is 3.42. The van der Waals surface area contributed by atoms with E-state index in [2.05, 4.69) is 20.1 Å². The number of aromatic nitrogens is 3. The van der Waals surface area contributed by atoms with Crippen LogP contribution in [-0.4, -0.2) is 62.8 Å². The van der Waals surface area contributed by atoms with Crippen LogP contribution in [0.4, 0.5) is 18.9 Å². The molecule has 158 valence electrons. The van der Waals surface area contributed by atoms with Crippen molar-refractivity contribution in [3.05, 3.63) is 35.9 Å². The van der Waals surface area contributed by atoms with Gasteiger partial charge in [0.1, 0.15) is 18.6 Å². The zero-order chi connectivity index (χ0) is 21.6. The normalized spacial score (nSPS) is 13.3. The number of pyridine rings is 1. The van der Waals surface area contributed by atoms with Crippen LogP contribution in [0.5, 0.6) is 0 Å². The van der Waals surface area contributed by atoms with Gasteiger partial charge in [-0.25, -0.2) is 4.68 Å². The van der Waals surface area contributed by atoms with Gasteiger partial charge in [0.15, 0.2) is 16.6 Å². The first kappa shape index (κ1) is 23.0. The molecule has 0 saturated carbocycles. The maximum atomic E-state index is 12.7. The van der Waals surface area contributed by atoms with Crippen LogP contribution in [0.15, 0.2) is 35.9 Å². The number of anilines is 1. The molecule has 2 rings (SSSR count). The van der Waals surface area contributed by atoms with Gasteiger partial charge in [-0.1, -0.05) is 16.8 Å². The molecule has 2 aromatic rings. The Hall–Kier alpha value is -2.31. The van der Waals surface area contributed by atoms with Crippen molar-refractivity contribution in [1.29, 1.82) is 0 Å². The van der Waals surface area contributed by atoms with Crippen LogP contribution in [0.3, 0.4) is 0 Å². The fraction of sp³-hybridized carbons (Fsp3) is 0.375. The number of oxime groups is 1. The second-order valence-electron chi connectivity index (χ2n) is 5.70. The minimum absolute atomic E-state index is 0.000311. The Morgan fingerprint density at radius 3 is 2.79 bits per heavy atom. The Morgan fingerprint density at radius 1 is 1.48 bits per heavy atom. The van der Waals surface area contributed by atoms with E-state index < -0.39 is 41.2 Å². The van der Waals surface area contributed by atoms with Gasteiger partial charge in [-0.2, -0.15) is 18.3 Å². The van der Waals surface area contributed by atoms with Gasteiger partial charge in [0.05, 0.1) is 24.5 Å². The second-order valence-corrected chi connectivity index (χ2v) is 7.63. The highest BCUT2D eigenvalue weighted by molar-refractivity contribution is 7.92. The average molecular weight is 452 g/mol. The Balaban J connectivity index is 2.16. The van der Waals surface area contributed by atoms with Crippen LogP contribution < -0.4 is 4.90 Å². The van der Waals surface area contributed by atoms with E-state index >= 15 is 0 Å². The molecule has 29 heavy (non-hydrogen) atoms. The fourth-order valence-electron chi connectivity index (χ4n) is 2.18. The van der Waals surface area contributed by atoms with Crippen molar-refractivity contribution in [2.45, 2.75) is 12.6 Å². The lowest BCUT2D eigenvalue weighted by Gasteiger charge is -2.18. The molecule has 0 spiro atoms. The Labute approximate surface area is 172 Å². The van der Waals surface area contributed by atoms with Crippen molar-refractivity contribution in [3.8, 4) is 5.69 Å². The van der Waals surface area contributed by atoms with E-state index in [1.54, 1.807) is 18.3 Å². The molecule has 0 N–H and O–H groups in total. The van der Waals surface area contributed by atoms with E-state index in [1.165, 1.54) is 31.2 Å². The molecule has 1 amide bonds. The SMILES string of the molecule is CON=C(C[S+]([O-])CCC(F)(F)F)C(=O)N(C)c1cn(-c2cccnc2)nc1Cl. The van der Waals surface area contributed by atoms with Gasteiger partial charge in [0.25, 0.3) is 5.91 Å². The number of hydrogen-bond acceptors (Lipinski definition) is 6. The molecule has 0 bridgehead atoms. The average Bonchev–Trinajstić information content (AvgIpc) is 3.07. The van der Waals surface area contributed by atoms with E-state index in [0.29, 0.717) is 5.69 Å². The zero-order valence-corrected chi connectivity index (χ0v) is 17.0. The first-order chi connectivity index (χ1) is 13.6. The highest BCUT2D eigenvalue weighted by Gasteiger charge is 2.32. The maximum absolute atomic E-state index is 12.7. The molecule has 2 aromatic heterocycles. The summed E-state index contributed by atoms with van der Waals surface area (Å²) in [7, 11) is 2.54. The van der Waals surface area contributed by atoms with Crippen LogP contribution in [0.25, 0.3) is 5.69 Å². The first-order valence-electron chi connectivity index (χ1n) is 8.07. The summed E-state index contributed by atoms with van der Waals surface area (Å²) in [5.41, 5.74) is 0.506. The molecule has 0 saturated heterocycles. The minimum atomic E-state index is -4.44. The van der Waals surface area contributed by atoms with Crippen molar-refractivity contribution < 1.29 is 27.4 Å². The molecule has 0 aromatic carbocycles. The molecule has 1 unspecified atom stereocenters. The van der Waals surface area contributed by atoms with Gasteiger partial charge in [-0.15, -0.1) is 0 Å². The fourth-order valence-corrected chi connectivity index (χ4v) is 3.53. The number of hydrogen-bond donors (Lipinski definition) is 0. The largest absolute Gasteiger partial charge is 0.616 e. The van der Waals surface area contributed by atoms with Gasteiger partial charge in [-0.3, -0.25) is 9.78 Å². The number of alkyl halides is 3. The summed E-state index contributed by atoms with van der Waals surface area (Å²) >= 11 is 4.16. The molecule has 13 heteroatoms. The highest BCUT2D eigenvalue weighted by atomic mass is 35.5. The van der Waals surface area contributed by atoms with Crippen LogP contribution in [0, 0.1) is 0 Å². The number of carbonyl (C=O) groups excluding carboxylic acids is 1. The van der Waals surface area contributed by atoms with E-state index in [1.807, 2.05) is 0 Å². The summed E-state index contributed by atoms with van der Waals surface area (Å²) in [5.74, 6) is -1.88. The third-order valence-electron chi connectivity index (χ3n) is 3.59. The number of rotatable bonds is 8. The van der Waals surface area contributed by atoms with Gasteiger partial charge in [-0.05, 0) is 23.3 Å². The van der Waals surface area contributed by atoms with Crippen LogP contribution in [0.1, 0.15) is 6.42 Å². The van der Waals surface area contributed by atoms with Crippen molar-refractivity contribution in [1.82, 2.24) is 14.8 Å². The van der Waals surface area contributed by atoms with Gasteiger partial charge in [0, 0.05) is 13.2 Å². The lowest BCUT2D eigenvalue weighted by Crippen LogP contribution is -2.38. The monoisotopic (exact) mass is 451 g/mol. The van der Waals surface area contributed by atoms with Gasteiger partial charge < -0.3 is 14.3 Å². The molecule has 0 fully saturated rings.